The van der Waals surface area contributed by atoms with Gasteiger partial charge in [0.25, 0.3) is 0 Å². The number of aromatic nitrogens is 3. The van der Waals surface area contributed by atoms with Crippen LogP contribution in [0.3, 0.4) is 0 Å². The number of pyridine rings is 1. The van der Waals surface area contributed by atoms with Gasteiger partial charge in [-0.1, -0.05) is 22.9 Å². The van der Waals surface area contributed by atoms with Crippen molar-refractivity contribution >= 4 is 27.2 Å². The minimum absolute atomic E-state index is 0.0780. The van der Waals surface area contributed by atoms with Crippen LogP contribution in [0.5, 0.6) is 0 Å². The molecule has 0 radical (unpaired) electrons. The van der Waals surface area contributed by atoms with Crippen molar-refractivity contribution in [2.75, 3.05) is 5.32 Å². The Hall–Kier alpha value is -3.60. The summed E-state index contributed by atoms with van der Waals surface area (Å²) in [7, 11) is 0. The molecule has 4 aromatic rings. The summed E-state index contributed by atoms with van der Waals surface area (Å²) in [5, 5.41) is 12.8. The van der Waals surface area contributed by atoms with Crippen LogP contribution in [0.15, 0.2) is 63.6 Å². The molecule has 0 atom stereocenters. The molecule has 0 aliphatic rings. The molecule has 0 saturated carbocycles. The maximum atomic E-state index is 12.4. The summed E-state index contributed by atoms with van der Waals surface area (Å²) in [5.74, 6) is 0. The quantitative estimate of drug-likeness (QED) is 0.379. The SMILES string of the molecule is O=c1c2sccc2n(Cc2ccc(-c3ccc(NC(F)(F)F)cc3)nc2)c(=O)n1O. The van der Waals surface area contributed by atoms with Crippen LogP contribution in [0.1, 0.15) is 5.56 Å². The average molecular weight is 434 g/mol. The molecule has 1 aromatic carbocycles. The summed E-state index contributed by atoms with van der Waals surface area (Å²) in [6, 6.07) is 10.6. The van der Waals surface area contributed by atoms with Gasteiger partial charge in [-0.15, -0.1) is 11.3 Å². The van der Waals surface area contributed by atoms with Gasteiger partial charge >= 0.3 is 17.5 Å². The van der Waals surface area contributed by atoms with Crippen molar-refractivity contribution in [3.8, 4) is 11.3 Å². The molecule has 3 heterocycles. The van der Waals surface area contributed by atoms with E-state index in [9.17, 15) is 28.0 Å². The minimum Gasteiger partial charge on any atom is -0.421 e. The second-order valence-electron chi connectivity index (χ2n) is 6.37. The van der Waals surface area contributed by atoms with Gasteiger partial charge in [0.2, 0.25) is 0 Å². The fraction of sp³-hybridized carbons (Fsp3) is 0.105. The number of anilines is 1. The van der Waals surface area contributed by atoms with Gasteiger partial charge in [-0.3, -0.25) is 19.7 Å². The first-order valence-electron chi connectivity index (χ1n) is 8.55. The van der Waals surface area contributed by atoms with E-state index in [-0.39, 0.29) is 21.7 Å². The number of nitrogens with zero attached hydrogens (tertiary/aromatic N) is 3. The van der Waals surface area contributed by atoms with Crippen LogP contribution >= 0.6 is 11.3 Å². The monoisotopic (exact) mass is 434 g/mol. The lowest BCUT2D eigenvalue weighted by atomic mass is 10.1. The lowest BCUT2D eigenvalue weighted by Crippen LogP contribution is -2.38. The largest absolute Gasteiger partial charge is 0.482 e. The maximum absolute atomic E-state index is 12.4. The summed E-state index contributed by atoms with van der Waals surface area (Å²) in [5.41, 5.74) is 0.509. The third-order valence-corrected chi connectivity index (χ3v) is 5.26. The summed E-state index contributed by atoms with van der Waals surface area (Å²) >= 11 is 1.12. The van der Waals surface area contributed by atoms with Gasteiger partial charge < -0.3 is 5.21 Å². The molecular formula is C19H13F3N4O3S. The Morgan fingerprint density at radius 1 is 1.07 bits per heavy atom. The number of hydrogen-bond donors (Lipinski definition) is 2. The molecule has 0 saturated heterocycles. The van der Waals surface area contributed by atoms with E-state index in [4.69, 9.17) is 0 Å². The van der Waals surface area contributed by atoms with E-state index in [0.717, 1.165) is 11.3 Å². The molecule has 0 aliphatic heterocycles. The first kappa shape index (κ1) is 19.7. The molecule has 11 heteroatoms. The Morgan fingerprint density at radius 3 is 2.43 bits per heavy atom. The van der Waals surface area contributed by atoms with E-state index >= 15 is 0 Å². The van der Waals surface area contributed by atoms with Crippen molar-refractivity contribution < 1.29 is 18.4 Å². The van der Waals surface area contributed by atoms with Crippen molar-refractivity contribution in [3.05, 3.63) is 80.4 Å². The third-order valence-electron chi connectivity index (χ3n) is 4.37. The Balaban J connectivity index is 1.60. The molecule has 0 amide bonds. The molecule has 2 N–H and O–H groups in total. The highest BCUT2D eigenvalue weighted by Gasteiger charge is 2.26. The molecule has 0 aliphatic carbocycles. The highest BCUT2D eigenvalue weighted by Crippen LogP contribution is 2.24. The zero-order chi connectivity index (χ0) is 21.5. The topological polar surface area (TPSA) is 89.2 Å². The molecule has 0 bridgehead atoms. The Kier molecular flexibility index (Phi) is 4.82. The molecule has 4 rings (SSSR count). The van der Waals surface area contributed by atoms with Crippen LogP contribution in [-0.4, -0.2) is 25.8 Å². The minimum atomic E-state index is -4.51. The molecule has 30 heavy (non-hydrogen) atoms. The number of thiophene rings is 1. The number of alkyl halides is 3. The standard InChI is InChI=1S/C19H13F3N4O3S/c20-19(21,22)24-13-4-2-12(3-5-13)14-6-1-11(9-23-14)10-25-15-7-8-30-16(15)17(27)26(29)18(25)28/h1-9,24,29H,10H2. The molecule has 154 valence electrons. The van der Waals surface area contributed by atoms with Gasteiger partial charge in [0.05, 0.1) is 17.8 Å². The zero-order valence-electron chi connectivity index (χ0n) is 15.1. The Labute approximate surface area is 170 Å². The molecule has 7 nitrogen and oxygen atoms in total. The fourth-order valence-corrected chi connectivity index (χ4v) is 3.81. The van der Waals surface area contributed by atoms with Crippen LogP contribution in [0, 0.1) is 0 Å². The second kappa shape index (κ2) is 7.34. The zero-order valence-corrected chi connectivity index (χ0v) is 15.9. The summed E-state index contributed by atoms with van der Waals surface area (Å²) < 4.78 is 38.7. The first-order chi connectivity index (χ1) is 14.2. The summed E-state index contributed by atoms with van der Waals surface area (Å²) in [6.07, 6.45) is -2.99. The Morgan fingerprint density at radius 2 is 1.80 bits per heavy atom. The molecule has 0 spiro atoms. The van der Waals surface area contributed by atoms with Gasteiger partial charge in [-0.2, -0.15) is 13.2 Å². The van der Waals surface area contributed by atoms with Gasteiger partial charge in [-0.25, -0.2) is 4.79 Å². The Bertz CT molecular complexity index is 1320. The lowest BCUT2D eigenvalue weighted by molar-refractivity contribution is -0.0999. The molecule has 0 unspecified atom stereocenters. The number of benzene rings is 1. The van der Waals surface area contributed by atoms with Crippen molar-refractivity contribution in [2.45, 2.75) is 12.8 Å². The first-order valence-corrected chi connectivity index (χ1v) is 9.43. The van der Waals surface area contributed by atoms with Gasteiger partial charge in [0.15, 0.2) is 0 Å². The van der Waals surface area contributed by atoms with E-state index in [1.807, 2.05) is 0 Å². The second-order valence-corrected chi connectivity index (χ2v) is 7.29. The number of nitrogens with one attached hydrogen (secondary N) is 1. The van der Waals surface area contributed by atoms with E-state index < -0.39 is 17.5 Å². The van der Waals surface area contributed by atoms with Gasteiger partial charge in [0, 0.05) is 17.4 Å². The highest BCUT2D eigenvalue weighted by atomic mass is 32.1. The molecular weight excluding hydrogens is 421 g/mol. The van der Waals surface area contributed by atoms with E-state index in [0.29, 0.717) is 22.3 Å². The van der Waals surface area contributed by atoms with E-state index in [2.05, 4.69) is 4.98 Å². The average Bonchev–Trinajstić information content (AvgIpc) is 3.19. The third kappa shape index (κ3) is 3.79. The van der Waals surface area contributed by atoms with Crippen LogP contribution < -0.4 is 16.6 Å². The summed E-state index contributed by atoms with van der Waals surface area (Å²) in [6.45, 7) is 0.0780. The number of fused-ring (bicyclic) bond motifs is 1. The predicted molar refractivity (Wildman–Crippen MR) is 106 cm³/mol. The maximum Gasteiger partial charge on any atom is 0.482 e. The smallest absolute Gasteiger partial charge is 0.421 e. The van der Waals surface area contributed by atoms with Gasteiger partial charge in [-0.05, 0) is 35.2 Å². The van der Waals surface area contributed by atoms with Crippen molar-refractivity contribution in [3.63, 3.8) is 0 Å². The van der Waals surface area contributed by atoms with Crippen molar-refractivity contribution in [2.24, 2.45) is 0 Å². The van der Waals surface area contributed by atoms with E-state index in [1.165, 1.54) is 40.3 Å². The fourth-order valence-electron chi connectivity index (χ4n) is 2.99. The highest BCUT2D eigenvalue weighted by molar-refractivity contribution is 7.17. The van der Waals surface area contributed by atoms with Crippen LogP contribution in [0.2, 0.25) is 0 Å². The lowest BCUT2D eigenvalue weighted by Gasteiger charge is -2.11. The van der Waals surface area contributed by atoms with Crippen LogP contribution in [0.25, 0.3) is 21.5 Å². The van der Waals surface area contributed by atoms with E-state index in [1.54, 1.807) is 23.6 Å². The molecule has 3 aromatic heterocycles. The van der Waals surface area contributed by atoms with Crippen molar-refractivity contribution in [1.29, 1.82) is 0 Å². The number of hydrogen-bond acceptors (Lipinski definition) is 6. The van der Waals surface area contributed by atoms with Gasteiger partial charge in [0.1, 0.15) is 4.70 Å². The van der Waals surface area contributed by atoms with Crippen LogP contribution in [-0.2, 0) is 6.54 Å². The normalized spacial score (nSPS) is 11.7. The summed E-state index contributed by atoms with van der Waals surface area (Å²) in [4.78, 5) is 28.5. The molecule has 0 fully saturated rings. The van der Waals surface area contributed by atoms with Crippen LogP contribution in [0.4, 0.5) is 18.9 Å². The predicted octanol–water partition coefficient (Wildman–Crippen LogP) is 3.50. The number of rotatable bonds is 4. The number of halogens is 3. The van der Waals surface area contributed by atoms with Crippen molar-refractivity contribution in [1.82, 2.24) is 14.3 Å².